The summed E-state index contributed by atoms with van der Waals surface area (Å²) in [7, 11) is -4.50. The lowest BCUT2D eigenvalue weighted by Crippen LogP contribution is -2.31. The molecule has 1 aliphatic rings. The number of thiazole rings is 1. The zero-order chi connectivity index (χ0) is 24.5. The molecule has 0 saturated heterocycles. The van der Waals surface area contributed by atoms with E-state index in [2.05, 4.69) is 9.98 Å². The largest absolute Gasteiger partial charge is 0.456 e. The molecule has 1 atom stereocenters. The molecule has 0 bridgehead atoms. The Morgan fingerprint density at radius 3 is 2.50 bits per heavy atom. The third-order valence-corrected chi connectivity index (χ3v) is 6.26. The molecule has 1 aliphatic heterocycles. The van der Waals surface area contributed by atoms with E-state index in [1.54, 1.807) is 11.4 Å². The highest BCUT2D eigenvalue weighted by molar-refractivity contribution is 7.85. The molecule has 3 aromatic rings. The maximum Gasteiger partial charge on any atom is 0.433 e. The van der Waals surface area contributed by atoms with E-state index in [0.717, 1.165) is 18.2 Å². The summed E-state index contributed by atoms with van der Waals surface area (Å²) >= 11 is 1.25. The lowest BCUT2D eigenvalue weighted by Gasteiger charge is -2.29. The van der Waals surface area contributed by atoms with E-state index >= 15 is 0 Å². The molecule has 0 aliphatic carbocycles. The van der Waals surface area contributed by atoms with Crippen LogP contribution in [0.25, 0.3) is 0 Å². The van der Waals surface area contributed by atoms with E-state index in [-0.39, 0.29) is 17.1 Å². The Bertz CT molecular complexity index is 1410. The van der Waals surface area contributed by atoms with Crippen molar-refractivity contribution < 1.29 is 30.9 Å². The van der Waals surface area contributed by atoms with Gasteiger partial charge in [-0.05, 0) is 42.0 Å². The van der Waals surface area contributed by atoms with Crippen LogP contribution in [0, 0.1) is 11.3 Å². The zero-order valence-corrected chi connectivity index (χ0v) is 18.5. The van der Waals surface area contributed by atoms with Crippen LogP contribution in [0.4, 0.5) is 18.3 Å². The fourth-order valence-electron chi connectivity index (χ4n) is 3.06. The maximum atomic E-state index is 13.3. The van der Waals surface area contributed by atoms with Crippen LogP contribution in [0.1, 0.15) is 17.3 Å². The van der Waals surface area contributed by atoms with E-state index in [4.69, 9.17) is 9.29 Å². The van der Waals surface area contributed by atoms with Crippen molar-refractivity contribution in [2.24, 2.45) is 4.99 Å². The Hall–Kier alpha value is -3.73. The SMILES string of the molecule is N#Cc1cc(S(=O)(=O)O)ccc1Oc1ccc(C2N=C(C(F)(F)F)C=CN2c2nccs2)cc1. The number of anilines is 1. The van der Waals surface area contributed by atoms with Gasteiger partial charge in [0.25, 0.3) is 10.1 Å². The maximum absolute atomic E-state index is 13.3. The molecule has 4 rings (SSSR count). The number of hydrogen-bond donors (Lipinski definition) is 1. The van der Waals surface area contributed by atoms with Crippen molar-refractivity contribution in [3.05, 3.63) is 77.4 Å². The minimum absolute atomic E-state index is 0.0324. The first-order valence-electron chi connectivity index (χ1n) is 9.37. The smallest absolute Gasteiger partial charge is 0.433 e. The number of rotatable bonds is 5. The molecule has 0 saturated carbocycles. The summed E-state index contributed by atoms with van der Waals surface area (Å²) in [5.74, 6) is 0.275. The predicted molar refractivity (Wildman–Crippen MR) is 117 cm³/mol. The van der Waals surface area contributed by atoms with Crippen molar-refractivity contribution in [2.45, 2.75) is 17.2 Å². The van der Waals surface area contributed by atoms with E-state index in [1.807, 2.05) is 0 Å². The number of alkyl halides is 3. The minimum atomic E-state index is -4.62. The summed E-state index contributed by atoms with van der Waals surface area (Å²) in [6, 6.07) is 11.1. The molecule has 13 heteroatoms. The monoisotopic (exact) mass is 506 g/mol. The van der Waals surface area contributed by atoms with Crippen LogP contribution in [-0.4, -0.2) is 29.8 Å². The van der Waals surface area contributed by atoms with Gasteiger partial charge in [-0.3, -0.25) is 14.4 Å². The second-order valence-electron chi connectivity index (χ2n) is 6.84. The molecule has 0 fully saturated rings. The third kappa shape index (κ3) is 4.93. The van der Waals surface area contributed by atoms with E-state index in [9.17, 15) is 26.9 Å². The Morgan fingerprint density at radius 1 is 1.18 bits per heavy atom. The first kappa shape index (κ1) is 23.4. The number of benzene rings is 2. The molecular formula is C21H13F3N4O4S2. The number of nitrogens with zero attached hydrogens (tertiary/aromatic N) is 4. The van der Waals surface area contributed by atoms with Gasteiger partial charge in [-0.2, -0.15) is 26.9 Å². The van der Waals surface area contributed by atoms with Crippen LogP contribution in [-0.2, 0) is 10.1 Å². The molecule has 174 valence electrons. The molecule has 1 aromatic heterocycles. The van der Waals surface area contributed by atoms with Gasteiger partial charge in [-0.25, -0.2) is 4.98 Å². The first-order chi connectivity index (χ1) is 16.1. The Morgan fingerprint density at radius 2 is 1.91 bits per heavy atom. The molecule has 34 heavy (non-hydrogen) atoms. The lowest BCUT2D eigenvalue weighted by molar-refractivity contribution is -0.0582. The van der Waals surface area contributed by atoms with Crippen LogP contribution >= 0.6 is 11.3 Å². The number of aliphatic imine (C=N–C) groups is 1. The average molecular weight is 506 g/mol. The predicted octanol–water partition coefficient (Wildman–Crippen LogP) is 5.09. The molecule has 1 N–H and O–H groups in total. The number of hydrogen-bond acceptors (Lipinski definition) is 8. The molecule has 2 aromatic carbocycles. The van der Waals surface area contributed by atoms with E-state index < -0.39 is 33.1 Å². The average Bonchev–Trinajstić information content (AvgIpc) is 3.33. The molecule has 0 spiro atoms. The van der Waals surface area contributed by atoms with Crippen molar-refractivity contribution >= 4 is 32.3 Å². The van der Waals surface area contributed by atoms with Crippen LogP contribution in [0.3, 0.4) is 0 Å². The van der Waals surface area contributed by atoms with Gasteiger partial charge in [0.15, 0.2) is 11.3 Å². The summed E-state index contributed by atoms with van der Waals surface area (Å²) in [6.07, 6.45) is -1.94. The normalized spacial score (nSPS) is 16.1. The van der Waals surface area contributed by atoms with Crippen molar-refractivity contribution in [3.63, 3.8) is 0 Å². The summed E-state index contributed by atoms with van der Waals surface area (Å²) in [5, 5.41) is 11.4. The minimum Gasteiger partial charge on any atom is -0.456 e. The second kappa shape index (κ2) is 8.90. The molecule has 1 unspecified atom stereocenters. The lowest BCUT2D eigenvalue weighted by atomic mass is 10.1. The van der Waals surface area contributed by atoms with Crippen molar-refractivity contribution in [2.75, 3.05) is 4.90 Å². The number of allylic oxidation sites excluding steroid dienone is 1. The van der Waals surface area contributed by atoms with E-state index in [0.29, 0.717) is 10.7 Å². The first-order valence-corrected chi connectivity index (χ1v) is 11.7. The van der Waals surface area contributed by atoms with Gasteiger partial charge in [0.2, 0.25) is 0 Å². The van der Waals surface area contributed by atoms with E-state index in [1.165, 1.54) is 59.0 Å². The van der Waals surface area contributed by atoms with Gasteiger partial charge >= 0.3 is 6.18 Å². The Labute approximate surface area is 195 Å². The molecule has 0 radical (unpaired) electrons. The topological polar surface area (TPSA) is 116 Å². The van der Waals surface area contributed by atoms with Crippen LogP contribution in [0.5, 0.6) is 11.5 Å². The Balaban J connectivity index is 1.63. The number of nitriles is 1. The standard InChI is InChI=1S/C21H13F3N4O4S2/c22-21(23,24)18-7-9-28(20-26-8-10-33-20)19(27-18)13-1-3-15(4-2-13)32-17-6-5-16(34(29,30)31)11-14(17)12-25/h1-11,19H,(H,29,30,31). The summed E-state index contributed by atoms with van der Waals surface area (Å²) in [5.41, 5.74) is -0.731. The summed E-state index contributed by atoms with van der Waals surface area (Å²) in [6.45, 7) is 0. The van der Waals surface area contributed by atoms with Gasteiger partial charge in [-0.15, -0.1) is 11.3 Å². The van der Waals surface area contributed by atoms with Crippen LogP contribution in [0.15, 0.2) is 76.2 Å². The second-order valence-corrected chi connectivity index (χ2v) is 9.13. The highest BCUT2D eigenvalue weighted by atomic mass is 32.2. The van der Waals surface area contributed by atoms with Gasteiger partial charge in [-0.1, -0.05) is 12.1 Å². The fraction of sp³-hybridized carbons (Fsp3) is 0.0952. The molecular weight excluding hydrogens is 493 g/mol. The molecule has 8 nitrogen and oxygen atoms in total. The third-order valence-electron chi connectivity index (χ3n) is 4.62. The molecule has 2 heterocycles. The van der Waals surface area contributed by atoms with Crippen LogP contribution < -0.4 is 9.64 Å². The fourth-order valence-corrected chi connectivity index (χ4v) is 4.22. The van der Waals surface area contributed by atoms with Crippen molar-refractivity contribution in [1.82, 2.24) is 4.98 Å². The van der Waals surface area contributed by atoms with Gasteiger partial charge in [0.1, 0.15) is 23.3 Å². The Kier molecular flexibility index (Phi) is 6.13. The number of ether oxygens (including phenoxy) is 1. The van der Waals surface area contributed by atoms with Gasteiger partial charge in [0.05, 0.1) is 10.5 Å². The van der Waals surface area contributed by atoms with Crippen LogP contribution in [0.2, 0.25) is 0 Å². The number of aromatic nitrogens is 1. The highest BCUT2D eigenvalue weighted by Gasteiger charge is 2.38. The number of halogens is 3. The van der Waals surface area contributed by atoms with Crippen molar-refractivity contribution in [1.29, 1.82) is 5.26 Å². The summed E-state index contributed by atoms with van der Waals surface area (Å²) in [4.78, 5) is 9.06. The van der Waals surface area contributed by atoms with Crippen molar-refractivity contribution in [3.8, 4) is 17.6 Å². The van der Waals surface area contributed by atoms with Gasteiger partial charge < -0.3 is 4.74 Å². The molecule has 0 amide bonds. The highest BCUT2D eigenvalue weighted by Crippen LogP contribution is 2.36. The zero-order valence-electron chi connectivity index (χ0n) is 16.8. The van der Waals surface area contributed by atoms with Gasteiger partial charge in [0, 0.05) is 17.8 Å². The quantitative estimate of drug-likeness (QED) is 0.479. The summed E-state index contributed by atoms with van der Waals surface area (Å²) < 4.78 is 77.1.